The molecule has 2 saturated heterocycles. The summed E-state index contributed by atoms with van der Waals surface area (Å²) in [5.41, 5.74) is 0.849. The first-order valence-corrected chi connectivity index (χ1v) is 11.5. The van der Waals surface area contributed by atoms with E-state index in [-0.39, 0.29) is 17.5 Å². The van der Waals surface area contributed by atoms with E-state index >= 15 is 0 Å². The molecule has 0 aromatic heterocycles. The lowest BCUT2D eigenvalue weighted by Gasteiger charge is -2.33. The molecule has 1 N–H and O–H groups in total. The zero-order valence-electron chi connectivity index (χ0n) is 13.5. The summed E-state index contributed by atoms with van der Waals surface area (Å²) >= 11 is 0. The van der Waals surface area contributed by atoms with Crippen LogP contribution in [0.2, 0.25) is 0 Å². The molecule has 1 aromatic rings. The molecule has 0 amide bonds. The highest BCUT2D eigenvalue weighted by atomic mass is 32.2. The summed E-state index contributed by atoms with van der Waals surface area (Å²) in [7, 11) is -6.32. The number of hydrogen-bond acceptors (Lipinski definition) is 4. The van der Waals surface area contributed by atoms with Crippen LogP contribution in [-0.4, -0.2) is 64.9 Å². The Bertz CT molecular complexity index is 796. The van der Waals surface area contributed by atoms with E-state index in [1.54, 1.807) is 6.08 Å². The Kier molecular flexibility index (Phi) is 5.10. The van der Waals surface area contributed by atoms with E-state index in [9.17, 15) is 16.8 Å². The van der Waals surface area contributed by atoms with Crippen molar-refractivity contribution in [3.05, 3.63) is 41.3 Å². The van der Waals surface area contributed by atoms with E-state index in [0.717, 1.165) is 5.56 Å². The zero-order chi connectivity index (χ0) is 17.2. The molecule has 2 aliphatic heterocycles. The van der Waals surface area contributed by atoms with Crippen LogP contribution in [0.4, 0.5) is 0 Å². The Morgan fingerprint density at radius 1 is 1.12 bits per heavy atom. The molecule has 1 atom stereocenters. The Morgan fingerprint density at radius 2 is 1.79 bits per heavy atom. The van der Waals surface area contributed by atoms with E-state index in [1.165, 1.54) is 14.6 Å². The first-order valence-electron chi connectivity index (χ1n) is 8.14. The quantitative estimate of drug-likeness (QED) is 0.765. The summed E-state index contributed by atoms with van der Waals surface area (Å²) in [5, 5.41) is 1.26. The van der Waals surface area contributed by atoms with Crippen molar-refractivity contribution in [2.24, 2.45) is 0 Å². The number of piperazine rings is 1. The van der Waals surface area contributed by atoms with Crippen LogP contribution in [-0.2, 0) is 19.9 Å². The second-order valence-electron chi connectivity index (χ2n) is 6.42. The first-order chi connectivity index (χ1) is 11.4. The average Bonchev–Trinajstić information content (AvgIpc) is 2.94. The van der Waals surface area contributed by atoms with Crippen molar-refractivity contribution in [2.75, 3.05) is 37.7 Å². The number of nitrogens with zero attached hydrogens (tertiary/aromatic N) is 1. The summed E-state index contributed by atoms with van der Waals surface area (Å²) < 4.78 is 49.5. The number of rotatable bonds is 4. The fourth-order valence-corrected chi connectivity index (χ4v) is 6.39. The van der Waals surface area contributed by atoms with Crippen LogP contribution in [0.15, 0.2) is 35.7 Å². The number of quaternary nitrogens is 1. The van der Waals surface area contributed by atoms with Crippen LogP contribution in [0.3, 0.4) is 0 Å². The van der Waals surface area contributed by atoms with E-state index < -0.39 is 19.9 Å². The average molecular weight is 372 g/mol. The first kappa shape index (κ1) is 17.6. The van der Waals surface area contributed by atoms with Gasteiger partial charge in [-0.2, -0.15) is 4.31 Å². The molecule has 0 bridgehead atoms. The zero-order valence-corrected chi connectivity index (χ0v) is 15.1. The molecule has 2 aliphatic rings. The fraction of sp³-hybridized carbons (Fsp3) is 0.500. The van der Waals surface area contributed by atoms with Gasteiger partial charge in [-0.15, -0.1) is 0 Å². The summed E-state index contributed by atoms with van der Waals surface area (Å²) in [5.74, 6) is 0.506. The van der Waals surface area contributed by atoms with Crippen molar-refractivity contribution in [1.82, 2.24) is 4.31 Å². The number of nitrogens with one attached hydrogen (secondary N) is 1. The van der Waals surface area contributed by atoms with Crippen molar-refractivity contribution in [3.8, 4) is 0 Å². The number of sulfone groups is 1. The highest BCUT2D eigenvalue weighted by Gasteiger charge is 2.38. The van der Waals surface area contributed by atoms with E-state index in [0.29, 0.717) is 32.6 Å². The molecule has 0 saturated carbocycles. The Labute approximate surface area is 143 Å². The van der Waals surface area contributed by atoms with Gasteiger partial charge in [0, 0.05) is 11.8 Å². The summed E-state index contributed by atoms with van der Waals surface area (Å²) in [6, 6.07) is 9.45. The van der Waals surface area contributed by atoms with Crippen LogP contribution in [0.25, 0.3) is 6.08 Å². The predicted molar refractivity (Wildman–Crippen MR) is 93.7 cm³/mol. The number of benzene rings is 1. The lowest BCUT2D eigenvalue weighted by atomic mass is 10.2. The monoisotopic (exact) mass is 371 g/mol. The predicted octanol–water partition coefficient (Wildman–Crippen LogP) is -0.625. The molecule has 6 nitrogen and oxygen atoms in total. The molecule has 1 aromatic carbocycles. The highest BCUT2D eigenvalue weighted by Crippen LogP contribution is 2.11. The third-order valence-electron chi connectivity index (χ3n) is 4.77. The molecule has 0 radical (unpaired) electrons. The SMILES string of the molecule is O=S1(=O)CC[C@H]([NH+]2CCN(S(=O)(=O)/C=C/c3ccccc3)CC2)C1. The van der Waals surface area contributed by atoms with Gasteiger partial charge < -0.3 is 4.90 Å². The maximum absolute atomic E-state index is 12.4. The molecule has 0 unspecified atom stereocenters. The lowest BCUT2D eigenvalue weighted by molar-refractivity contribution is -0.925. The molecular weight excluding hydrogens is 348 g/mol. The second-order valence-corrected chi connectivity index (χ2v) is 10.5. The van der Waals surface area contributed by atoms with Gasteiger partial charge in [0.2, 0.25) is 10.0 Å². The molecule has 24 heavy (non-hydrogen) atoms. The third-order valence-corrected chi connectivity index (χ3v) is 8.10. The molecular formula is C16H23N2O4S2+. The molecule has 3 rings (SSSR count). The topological polar surface area (TPSA) is 76.0 Å². The van der Waals surface area contributed by atoms with Crippen LogP contribution >= 0.6 is 0 Å². The van der Waals surface area contributed by atoms with Gasteiger partial charge in [-0.05, 0) is 11.6 Å². The smallest absolute Gasteiger partial charge is 0.236 e. The number of sulfonamides is 1. The van der Waals surface area contributed by atoms with Crippen molar-refractivity contribution < 1.29 is 21.7 Å². The minimum Gasteiger partial charge on any atom is -0.329 e. The standard InChI is InChI=1S/C16H22N2O4S2/c19-23(20)12-7-16(14-23)17-8-10-18(11-9-17)24(21,22)13-6-15-4-2-1-3-5-15/h1-6,13,16H,7-12,14H2/p+1/b13-6+/t16-/m0/s1. The molecule has 0 aliphatic carbocycles. The maximum Gasteiger partial charge on any atom is 0.236 e. The second kappa shape index (κ2) is 6.95. The lowest BCUT2D eigenvalue weighted by Crippen LogP contribution is -3.18. The largest absolute Gasteiger partial charge is 0.329 e. The highest BCUT2D eigenvalue weighted by molar-refractivity contribution is 7.92. The van der Waals surface area contributed by atoms with E-state index in [4.69, 9.17) is 0 Å². The van der Waals surface area contributed by atoms with Gasteiger partial charge in [0.25, 0.3) is 0 Å². The van der Waals surface area contributed by atoms with Crippen molar-refractivity contribution in [1.29, 1.82) is 0 Å². The van der Waals surface area contributed by atoms with Crippen molar-refractivity contribution >= 4 is 25.9 Å². The Hall–Kier alpha value is -1.22. The maximum atomic E-state index is 12.4. The Morgan fingerprint density at radius 3 is 2.38 bits per heavy atom. The van der Waals surface area contributed by atoms with Gasteiger partial charge in [0.05, 0.1) is 31.9 Å². The van der Waals surface area contributed by atoms with Crippen molar-refractivity contribution in [2.45, 2.75) is 12.5 Å². The molecule has 132 valence electrons. The summed E-state index contributed by atoms with van der Waals surface area (Å²) in [6.07, 6.45) is 2.30. The van der Waals surface area contributed by atoms with Gasteiger partial charge in [-0.1, -0.05) is 30.3 Å². The minimum absolute atomic E-state index is 0.125. The van der Waals surface area contributed by atoms with Crippen LogP contribution in [0.1, 0.15) is 12.0 Å². The van der Waals surface area contributed by atoms with Crippen LogP contribution in [0, 0.1) is 0 Å². The van der Waals surface area contributed by atoms with Crippen molar-refractivity contribution in [3.63, 3.8) is 0 Å². The van der Waals surface area contributed by atoms with E-state index in [1.807, 2.05) is 30.3 Å². The Balaban J connectivity index is 1.59. The number of hydrogen-bond donors (Lipinski definition) is 1. The van der Waals surface area contributed by atoms with Gasteiger partial charge in [0.1, 0.15) is 11.8 Å². The van der Waals surface area contributed by atoms with Gasteiger partial charge >= 0.3 is 0 Å². The van der Waals surface area contributed by atoms with Gasteiger partial charge in [-0.3, -0.25) is 0 Å². The fourth-order valence-electron chi connectivity index (χ4n) is 3.37. The normalized spacial score (nSPS) is 26.1. The molecule has 0 spiro atoms. The van der Waals surface area contributed by atoms with Gasteiger partial charge in [-0.25, -0.2) is 16.8 Å². The van der Waals surface area contributed by atoms with E-state index in [2.05, 4.69) is 0 Å². The summed E-state index contributed by atoms with van der Waals surface area (Å²) in [4.78, 5) is 1.22. The molecule has 2 heterocycles. The van der Waals surface area contributed by atoms with Gasteiger partial charge in [0.15, 0.2) is 9.84 Å². The minimum atomic E-state index is -3.43. The third kappa shape index (κ3) is 4.24. The molecule has 2 fully saturated rings. The summed E-state index contributed by atoms with van der Waals surface area (Å²) in [6.45, 7) is 2.21. The van der Waals surface area contributed by atoms with Crippen LogP contribution < -0.4 is 4.90 Å². The molecule has 8 heteroatoms. The van der Waals surface area contributed by atoms with Crippen LogP contribution in [0.5, 0.6) is 0 Å².